The Labute approximate surface area is 193 Å². The molecule has 0 aliphatic carbocycles. The molecule has 2 aliphatic rings. The van der Waals surface area contributed by atoms with Gasteiger partial charge in [0.15, 0.2) is 0 Å². The van der Waals surface area contributed by atoms with Crippen molar-refractivity contribution in [2.75, 3.05) is 36.5 Å². The molecule has 0 spiro atoms. The molecule has 0 saturated carbocycles. The number of morpholine rings is 1. The van der Waals surface area contributed by atoms with Gasteiger partial charge in [-0.3, -0.25) is 19.4 Å². The fraction of sp³-hybridized carbons (Fsp3) is 0.259. The van der Waals surface area contributed by atoms with Gasteiger partial charge in [0.25, 0.3) is 5.91 Å². The first-order valence-electron chi connectivity index (χ1n) is 11.4. The van der Waals surface area contributed by atoms with Crippen LogP contribution >= 0.6 is 0 Å². The summed E-state index contributed by atoms with van der Waals surface area (Å²) in [5.74, 6) is -0.349. The zero-order valence-electron chi connectivity index (χ0n) is 18.4. The first-order chi connectivity index (χ1) is 16.2. The van der Waals surface area contributed by atoms with E-state index < -0.39 is 6.04 Å². The molecule has 0 bridgehead atoms. The van der Waals surface area contributed by atoms with Crippen LogP contribution < -0.4 is 10.2 Å². The van der Waals surface area contributed by atoms with Gasteiger partial charge < -0.3 is 10.1 Å². The molecule has 1 atom stereocenters. The van der Waals surface area contributed by atoms with Crippen molar-refractivity contribution in [3.63, 3.8) is 0 Å². The molecule has 0 unspecified atom stereocenters. The van der Waals surface area contributed by atoms with Gasteiger partial charge in [-0.15, -0.1) is 0 Å². The highest BCUT2D eigenvalue weighted by atomic mass is 16.5. The van der Waals surface area contributed by atoms with Gasteiger partial charge in [0.1, 0.15) is 6.04 Å². The van der Waals surface area contributed by atoms with Crippen LogP contribution in [0.3, 0.4) is 0 Å². The Kier molecular flexibility index (Phi) is 6.19. The van der Waals surface area contributed by atoms with Crippen LogP contribution in [0.15, 0.2) is 78.9 Å². The number of ether oxygens (including phenoxy) is 1. The summed E-state index contributed by atoms with van der Waals surface area (Å²) in [4.78, 5) is 30.6. The van der Waals surface area contributed by atoms with Crippen molar-refractivity contribution in [1.82, 2.24) is 4.90 Å². The molecule has 3 aromatic carbocycles. The Morgan fingerprint density at radius 1 is 0.879 bits per heavy atom. The number of amides is 2. The fourth-order valence-electron chi connectivity index (χ4n) is 4.50. The van der Waals surface area contributed by atoms with Gasteiger partial charge in [-0.2, -0.15) is 0 Å². The Hall–Kier alpha value is -3.48. The second kappa shape index (κ2) is 9.57. The summed E-state index contributed by atoms with van der Waals surface area (Å²) >= 11 is 0. The molecular formula is C27H27N3O3. The van der Waals surface area contributed by atoms with Gasteiger partial charge in [-0.05, 0) is 41.5 Å². The van der Waals surface area contributed by atoms with Gasteiger partial charge in [-0.1, -0.05) is 48.5 Å². The number of nitrogens with zero attached hydrogens (tertiary/aromatic N) is 2. The molecule has 2 aliphatic heterocycles. The van der Waals surface area contributed by atoms with Crippen LogP contribution in [0.25, 0.3) is 0 Å². The lowest BCUT2D eigenvalue weighted by Gasteiger charge is -2.26. The fourth-order valence-corrected chi connectivity index (χ4v) is 4.50. The molecular weight excluding hydrogens is 414 g/mol. The maximum atomic E-state index is 13.3. The topological polar surface area (TPSA) is 61.9 Å². The quantitative estimate of drug-likeness (QED) is 0.656. The molecule has 2 heterocycles. The highest BCUT2D eigenvalue weighted by Gasteiger charge is 2.38. The summed E-state index contributed by atoms with van der Waals surface area (Å²) in [6, 6.07) is 24.2. The molecule has 1 N–H and O–H groups in total. The van der Waals surface area contributed by atoms with E-state index in [0.717, 1.165) is 49.8 Å². The lowest BCUT2D eigenvalue weighted by atomic mass is 10.1. The summed E-state index contributed by atoms with van der Waals surface area (Å²) in [6.07, 6.45) is 0.496. The third-order valence-corrected chi connectivity index (χ3v) is 6.25. The standard InChI is InChI=1S/C27H27N3O3/c31-26(28-23-12-10-20(11-13-23)19-29-14-16-33-17-15-29)25-18-22-8-4-5-9-24(22)30(25)27(32)21-6-2-1-3-7-21/h1-13,25H,14-19H2,(H,28,31)/t25-/m1/s1. The van der Waals surface area contributed by atoms with E-state index >= 15 is 0 Å². The van der Waals surface area contributed by atoms with E-state index in [4.69, 9.17) is 4.74 Å². The van der Waals surface area contributed by atoms with Crippen molar-refractivity contribution in [3.05, 3.63) is 95.6 Å². The van der Waals surface area contributed by atoms with Gasteiger partial charge in [0, 0.05) is 43.0 Å². The minimum absolute atomic E-state index is 0.165. The molecule has 168 valence electrons. The monoisotopic (exact) mass is 441 g/mol. The third kappa shape index (κ3) is 4.67. The van der Waals surface area contributed by atoms with Crippen LogP contribution in [0.1, 0.15) is 21.5 Å². The second-order valence-corrected chi connectivity index (χ2v) is 8.46. The van der Waals surface area contributed by atoms with Crippen molar-refractivity contribution < 1.29 is 14.3 Å². The minimum Gasteiger partial charge on any atom is -0.379 e. The smallest absolute Gasteiger partial charge is 0.259 e. The Balaban J connectivity index is 1.31. The highest BCUT2D eigenvalue weighted by Crippen LogP contribution is 2.34. The SMILES string of the molecule is O=C(Nc1ccc(CN2CCOCC2)cc1)[C@H]1Cc2ccccc2N1C(=O)c1ccccc1. The van der Waals surface area contributed by atoms with Crippen molar-refractivity contribution in [3.8, 4) is 0 Å². The average molecular weight is 442 g/mol. The molecule has 3 aromatic rings. The van der Waals surface area contributed by atoms with E-state index in [9.17, 15) is 9.59 Å². The molecule has 6 nitrogen and oxygen atoms in total. The minimum atomic E-state index is -0.594. The zero-order valence-corrected chi connectivity index (χ0v) is 18.4. The number of benzene rings is 3. The summed E-state index contributed by atoms with van der Waals surface area (Å²) in [5.41, 5.74) is 4.30. The lowest BCUT2D eigenvalue weighted by molar-refractivity contribution is -0.117. The van der Waals surface area contributed by atoms with Gasteiger partial charge in [-0.25, -0.2) is 0 Å². The van der Waals surface area contributed by atoms with Gasteiger partial charge in [0.05, 0.1) is 13.2 Å². The van der Waals surface area contributed by atoms with E-state index in [1.165, 1.54) is 5.56 Å². The number of nitrogens with one attached hydrogen (secondary N) is 1. The highest BCUT2D eigenvalue weighted by molar-refractivity contribution is 6.13. The lowest BCUT2D eigenvalue weighted by Crippen LogP contribution is -2.45. The van der Waals surface area contributed by atoms with E-state index in [0.29, 0.717) is 12.0 Å². The van der Waals surface area contributed by atoms with Crippen LogP contribution in [-0.4, -0.2) is 49.1 Å². The summed E-state index contributed by atoms with van der Waals surface area (Å²) in [5, 5.41) is 3.02. The van der Waals surface area contributed by atoms with Crippen molar-refractivity contribution in [1.29, 1.82) is 0 Å². The summed E-state index contributed by atoms with van der Waals surface area (Å²) in [7, 11) is 0. The molecule has 5 rings (SSSR count). The number of carbonyl (C=O) groups excluding carboxylic acids is 2. The van der Waals surface area contributed by atoms with Crippen LogP contribution in [0.5, 0.6) is 0 Å². The van der Waals surface area contributed by atoms with Crippen LogP contribution in [0.2, 0.25) is 0 Å². The number of rotatable bonds is 5. The predicted molar refractivity (Wildman–Crippen MR) is 128 cm³/mol. The number of carbonyl (C=O) groups is 2. The maximum Gasteiger partial charge on any atom is 0.259 e. The Bertz CT molecular complexity index is 1120. The van der Waals surface area contributed by atoms with E-state index in [-0.39, 0.29) is 11.8 Å². The average Bonchev–Trinajstić information content (AvgIpc) is 3.26. The van der Waals surface area contributed by atoms with Crippen LogP contribution in [0.4, 0.5) is 11.4 Å². The molecule has 33 heavy (non-hydrogen) atoms. The molecule has 2 amide bonds. The molecule has 6 heteroatoms. The summed E-state index contributed by atoms with van der Waals surface area (Å²) < 4.78 is 5.41. The predicted octanol–water partition coefficient (Wildman–Crippen LogP) is 3.73. The van der Waals surface area contributed by atoms with Crippen LogP contribution in [0, 0.1) is 0 Å². The number of hydrogen-bond acceptors (Lipinski definition) is 4. The number of hydrogen-bond donors (Lipinski definition) is 1. The number of anilines is 2. The van der Waals surface area contributed by atoms with Crippen molar-refractivity contribution in [2.45, 2.75) is 19.0 Å². The number of fused-ring (bicyclic) bond motifs is 1. The molecule has 0 radical (unpaired) electrons. The van der Waals surface area contributed by atoms with E-state index in [2.05, 4.69) is 10.2 Å². The molecule has 1 fully saturated rings. The largest absolute Gasteiger partial charge is 0.379 e. The normalized spacial score (nSPS) is 18.1. The Morgan fingerprint density at radius 2 is 1.58 bits per heavy atom. The first-order valence-corrected chi connectivity index (χ1v) is 11.4. The molecule has 0 aromatic heterocycles. The van der Waals surface area contributed by atoms with Gasteiger partial charge in [0.2, 0.25) is 5.91 Å². The second-order valence-electron chi connectivity index (χ2n) is 8.46. The maximum absolute atomic E-state index is 13.3. The third-order valence-electron chi connectivity index (χ3n) is 6.25. The number of para-hydroxylation sites is 1. The van der Waals surface area contributed by atoms with E-state index in [1.807, 2.05) is 66.7 Å². The summed E-state index contributed by atoms with van der Waals surface area (Å²) in [6.45, 7) is 4.29. The van der Waals surface area contributed by atoms with Crippen LogP contribution in [-0.2, 0) is 22.5 Å². The van der Waals surface area contributed by atoms with E-state index in [1.54, 1.807) is 17.0 Å². The zero-order chi connectivity index (χ0) is 22.6. The molecule has 1 saturated heterocycles. The van der Waals surface area contributed by atoms with Crippen molar-refractivity contribution in [2.24, 2.45) is 0 Å². The first kappa shape index (κ1) is 21.4. The van der Waals surface area contributed by atoms with Gasteiger partial charge >= 0.3 is 0 Å². The van der Waals surface area contributed by atoms with Crippen molar-refractivity contribution >= 4 is 23.2 Å². The Morgan fingerprint density at radius 3 is 2.33 bits per heavy atom.